The van der Waals surface area contributed by atoms with Crippen LogP contribution in [0.15, 0.2) is 42.0 Å². The molecule has 1 aliphatic heterocycles. The molecular formula is C22H31NO3. The Balaban J connectivity index is 1.71. The van der Waals surface area contributed by atoms with Gasteiger partial charge in [0, 0.05) is 17.0 Å². The van der Waals surface area contributed by atoms with Gasteiger partial charge in [-0.05, 0) is 37.3 Å². The molecule has 142 valence electrons. The number of nitrogens with one attached hydrogen (secondary N) is 1. The van der Waals surface area contributed by atoms with Gasteiger partial charge < -0.3 is 9.47 Å². The fraction of sp³-hybridized carbons (Fsp3) is 0.591. The van der Waals surface area contributed by atoms with E-state index in [0.717, 1.165) is 18.5 Å². The van der Waals surface area contributed by atoms with E-state index in [4.69, 9.17) is 9.47 Å². The standard InChI is InChI=1S/C22H31NO3/c1-5-9-19-20-15(2)12-16(3)22(13-25-19,17(20)4)14-26-21(24)23-18-10-7-6-8-11-18/h6-8,10-12,16-17,19-20H,5,9,13-14H2,1-4H3,(H,23,24)/t16-,17+,19+,20-,22+/m0/s1. The molecule has 1 saturated heterocycles. The van der Waals surface area contributed by atoms with Crippen LogP contribution < -0.4 is 5.32 Å². The minimum absolute atomic E-state index is 0.150. The van der Waals surface area contributed by atoms with Gasteiger partial charge in [0.1, 0.15) is 6.61 Å². The lowest BCUT2D eigenvalue weighted by Crippen LogP contribution is -2.56. The van der Waals surface area contributed by atoms with Gasteiger partial charge in [0.2, 0.25) is 0 Å². The first-order chi connectivity index (χ1) is 12.5. The number of carbonyl (C=O) groups excluding carboxylic acids is 1. The SMILES string of the molecule is CCC[C@H]1OC[C@]2(COC(=O)Nc3ccccc3)[C@H](C)[C@@H]1C(C)=C[C@@H]2C. The fourth-order valence-electron chi connectivity index (χ4n) is 4.81. The summed E-state index contributed by atoms with van der Waals surface area (Å²) in [6, 6.07) is 9.40. The molecule has 0 aromatic heterocycles. The van der Waals surface area contributed by atoms with Crippen LogP contribution in [0.5, 0.6) is 0 Å². The Morgan fingerprint density at radius 3 is 2.73 bits per heavy atom. The number of ether oxygens (including phenoxy) is 2. The average Bonchev–Trinajstić information content (AvgIpc) is 2.61. The van der Waals surface area contributed by atoms with Crippen LogP contribution in [0.2, 0.25) is 0 Å². The molecule has 1 heterocycles. The molecule has 2 aliphatic rings. The number of rotatable bonds is 5. The molecule has 4 nitrogen and oxygen atoms in total. The highest BCUT2D eigenvalue weighted by Gasteiger charge is 2.53. The van der Waals surface area contributed by atoms with E-state index in [9.17, 15) is 4.79 Å². The molecule has 5 atom stereocenters. The lowest BCUT2D eigenvalue weighted by atomic mass is 9.56. The van der Waals surface area contributed by atoms with Gasteiger partial charge in [0.25, 0.3) is 0 Å². The summed E-state index contributed by atoms with van der Waals surface area (Å²) in [4.78, 5) is 12.3. The molecule has 1 N–H and O–H groups in total. The van der Waals surface area contributed by atoms with Crippen molar-refractivity contribution < 1.29 is 14.3 Å². The summed E-state index contributed by atoms with van der Waals surface area (Å²) in [6.45, 7) is 9.99. The Kier molecular flexibility index (Phi) is 5.71. The van der Waals surface area contributed by atoms with Gasteiger partial charge >= 0.3 is 6.09 Å². The van der Waals surface area contributed by atoms with Crippen LogP contribution in [0.3, 0.4) is 0 Å². The van der Waals surface area contributed by atoms with Gasteiger partial charge in [0.05, 0.1) is 12.7 Å². The summed E-state index contributed by atoms with van der Waals surface area (Å²) in [5.74, 6) is 1.17. The van der Waals surface area contributed by atoms with Crippen molar-refractivity contribution in [3.8, 4) is 0 Å². The molecule has 1 fully saturated rings. The molecular weight excluding hydrogens is 326 g/mol. The zero-order valence-electron chi connectivity index (χ0n) is 16.3. The van der Waals surface area contributed by atoms with Crippen molar-refractivity contribution in [2.24, 2.45) is 23.2 Å². The number of fused-ring (bicyclic) bond motifs is 2. The van der Waals surface area contributed by atoms with E-state index in [1.54, 1.807) is 0 Å². The number of hydrogen-bond acceptors (Lipinski definition) is 3. The van der Waals surface area contributed by atoms with Crippen molar-refractivity contribution in [1.29, 1.82) is 0 Å². The van der Waals surface area contributed by atoms with Crippen molar-refractivity contribution >= 4 is 11.8 Å². The maximum absolute atomic E-state index is 12.3. The first kappa shape index (κ1) is 19.0. The third-order valence-electron chi connectivity index (χ3n) is 6.42. The predicted octanol–water partition coefficient (Wildman–Crippen LogP) is 5.27. The summed E-state index contributed by atoms with van der Waals surface area (Å²) in [5.41, 5.74) is 2.02. The second-order valence-electron chi connectivity index (χ2n) is 7.95. The van der Waals surface area contributed by atoms with Gasteiger partial charge in [-0.15, -0.1) is 0 Å². The second kappa shape index (κ2) is 7.83. The maximum Gasteiger partial charge on any atom is 0.411 e. The molecule has 0 spiro atoms. The summed E-state index contributed by atoms with van der Waals surface area (Å²) >= 11 is 0. The number of benzene rings is 1. The number of allylic oxidation sites excluding steroid dienone is 1. The number of amides is 1. The number of para-hydroxylation sites is 1. The number of hydrogen-bond donors (Lipinski definition) is 1. The highest BCUT2D eigenvalue weighted by atomic mass is 16.6. The normalized spacial score (nSPS) is 33.3. The van der Waals surface area contributed by atoms with Crippen LogP contribution in [0.25, 0.3) is 0 Å². The van der Waals surface area contributed by atoms with Crippen molar-refractivity contribution in [3.63, 3.8) is 0 Å². The van der Waals surface area contributed by atoms with Gasteiger partial charge in [-0.1, -0.05) is 57.0 Å². The topological polar surface area (TPSA) is 47.6 Å². The molecule has 3 rings (SSSR count). The monoisotopic (exact) mass is 357 g/mol. The van der Waals surface area contributed by atoms with Crippen LogP contribution in [0.4, 0.5) is 10.5 Å². The summed E-state index contributed by atoms with van der Waals surface area (Å²) in [7, 11) is 0. The van der Waals surface area contributed by atoms with Gasteiger partial charge in [-0.2, -0.15) is 0 Å². The summed E-state index contributed by atoms with van der Waals surface area (Å²) in [5, 5.41) is 2.80. The Morgan fingerprint density at radius 1 is 1.31 bits per heavy atom. The van der Waals surface area contributed by atoms with Crippen LogP contribution in [-0.4, -0.2) is 25.4 Å². The molecule has 26 heavy (non-hydrogen) atoms. The zero-order valence-corrected chi connectivity index (χ0v) is 16.3. The molecule has 1 aliphatic carbocycles. The third kappa shape index (κ3) is 3.52. The van der Waals surface area contributed by atoms with E-state index in [0.29, 0.717) is 31.0 Å². The Bertz CT molecular complexity index is 657. The molecule has 1 aromatic carbocycles. The molecule has 0 radical (unpaired) electrons. The summed E-state index contributed by atoms with van der Waals surface area (Å²) in [6.07, 6.45) is 4.46. The van der Waals surface area contributed by atoms with Gasteiger partial charge in [-0.25, -0.2) is 4.79 Å². The predicted molar refractivity (Wildman–Crippen MR) is 104 cm³/mol. The molecule has 2 bridgehead atoms. The van der Waals surface area contributed by atoms with Crippen LogP contribution in [0, 0.1) is 23.2 Å². The Hall–Kier alpha value is -1.81. The van der Waals surface area contributed by atoms with E-state index >= 15 is 0 Å². The van der Waals surface area contributed by atoms with Gasteiger partial charge in [0.15, 0.2) is 0 Å². The van der Waals surface area contributed by atoms with E-state index < -0.39 is 6.09 Å². The molecule has 0 unspecified atom stereocenters. The van der Waals surface area contributed by atoms with Gasteiger partial charge in [-0.3, -0.25) is 5.32 Å². The minimum Gasteiger partial charge on any atom is -0.449 e. The lowest BCUT2D eigenvalue weighted by molar-refractivity contribution is -0.164. The highest BCUT2D eigenvalue weighted by molar-refractivity contribution is 5.84. The van der Waals surface area contributed by atoms with E-state index in [2.05, 4.69) is 39.1 Å². The smallest absolute Gasteiger partial charge is 0.411 e. The quantitative estimate of drug-likeness (QED) is 0.730. The number of carbonyl (C=O) groups is 1. The van der Waals surface area contributed by atoms with Crippen molar-refractivity contribution in [2.75, 3.05) is 18.5 Å². The van der Waals surface area contributed by atoms with E-state index in [-0.39, 0.29) is 11.5 Å². The van der Waals surface area contributed by atoms with Crippen LogP contribution >= 0.6 is 0 Å². The first-order valence-electron chi connectivity index (χ1n) is 9.76. The zero-order chi connectivity index (χ0) is 18.7. The Morgan fingerprint density at radius 2 is 2.04 bits per heavy atom. The van der Waals surface area contributed by atoms with E-state index in [1.807, 2.05) is 30.3 Å². The van der Waals surface area contributed by atoms with Crippen LogP contribution in [-0.2, 0) is 9.47 Å². The highest BCUT2D eigenvalue weighted by Crippen LogP contribution is 2.53. The maximum atomic E-state index is 12.3. The van der Waals surface area contributed by atoms with Crippen molar-refractivity contribution in [3.05, 3.63) is 42.0 Å². The first-order valence-corrected chi connectivity index (χ1v) is 9.76. The third-order valence-corrected chi connectivity index (χ3v) is 6.42. The molecule has 1 aromatic rings. The molecule has 4 heteroatoms. The van der Waals surface area contributed by atoms with E-state index in [1.165, 1.54) is 5.57 Å². The fourth-order valence-corrected chi connectivity index (χ4v) is 4.81. The minimum atomic E-state index is -0.400. The van der Waals surface area contributed by atoms with Crippen molar-refractivity contribution in [1.82, 2.24) is 0 Å². The summed E-state index contributed by atoms with van der Waals surface area (Å²) < 4.78 is 12.0. The Labute approximate surface area is 157 Å². The van der Waals surface area contributed by atoms with Crippen molar-refractivity contribution in [2.45, 2.75) is 46.6 Å². The molecule has 0 saturated carbocycles. The lowest BCUT2D eigenvalue weighted by Gasteiger charge is -2.55. The second-order valence-corrected chi connectivity index (χ2v) is 7.95. The average molecular weight is 357 g/mol. The number of anilines is 1. The molecule has 1 amide bonds. The van der Waals surface area contributed by atoms with Crippen LogP contribution in [0.1, 0.15) is 40.5 Å². The largest absolute Gasteiger partial charge is 0.449 e.